The van der Waals surface area contributed by atoms with Crippen molar-refractivity contribution >= 4 is 28.9 Å². The van der Waals surface area contributed by atoms with Crippen LogP contribution >= 0.6 is 12.2 Å². The van der Waals surface area contributed by atoms with Crippen LogP contribution < -0.4 is 25.4 Å². The summed E-state index contributed by atoms with van der Waals surface area (Å²) in [4.78, 5) is 13.1. The van der Waals surface area contributed by atoms with Gasteiger partial charge in [0, 0.05) is 11.3 Å². The second-order valence-electron chi connectivity index (χ2n) is 6.52. The van der Waals surface area contributed by atoms with Gasteiger partial charge in [-0.05, 0) is 49.5 Å². The van der Waals surface area contributed by atoms with Crippen LogP contribution in [0.5, 0.6) is 11.5 Å². The average Bonchev–Trinajstić information content (AvgIpc) is 2.61. The van der Waals surface area contributed by atoms with Gasteiger partial charge in [-0.2, -0.15) is 0 Å². The molecular weight excluding hydrogens is 350 g/mol. The molecule has 0 aliphatic carbocycles. The first-order valence-corrected chi connectivity index (χ1v) is 8.72. The van der Waals surface area contributed by atoms with Crippen molar-refractivity contribution in [3.8, 4) is 11.5 Å². The zero-order chi connectivity index (χ0) is 18.3. The van der Waals surface area contributed by atoms with Crippen LogP contribution in [0.15, 0.2) is 48.5 Å². The van der Waals surface area contributed by atoms with E-state index in [0.717, 1.165) is 11.3 Å². The molecule has 1 amide bonds. The van der Waals surface area contributed by atoms with Crippen LogP contribution in [-0.4, -0.2) is 23.9 Å². The number of fused-ring (bicyclic) bond motifs is 4. The summed E-state index contributed by atoms with van der Waals surface area (Å²) in [6.45, 7) is 1.84. The zero-order valence-electron chi connectivity index (χ0n) is 14.4. The van der Waals surface area contributed by atoms with E-state index in [0.29, 0.717) is 16.6 Å². The van der Waals surface area contributed by atoms with Gasteiger partial charge in [-0.3, -0.25) is 4.79 Å². The lowest BCUT2D eigenvalue weighted by Gasteiger charge is -2.50. The lowest BCUT2D eigenvalue weighted by molar-refractivity contribution is -0.132. The summed E-state index contributed by atoms with van der Waals surface area (Å²) in [5.41, 5.74) is 0.630. The Morgan fingerprint density at radius 1 is 1.27 bits per heavy atom. The Hall–Kier alpha value is -2.80. The van der Waals surface area contributed by atoms with Gasteiger partial charge in [-0.15, -0.1) is 0 Å². The van der Waals surface area contributed by atoms with Crippen molar-refractivity contribution in [1.82, 2.24) is 10.6 Å². The van der Waals surface area contributed by atoms with Crippen molar-refractivity contribution in [3.05, 3.63) is 54.1 Å². The summed E-state index contributed by atoms with van der Waals surface area (Å²) >= 11 is 5.33. The Bertz CT molecular complexity index is 874. The number of ether oxygens (including phenoxy) is 2. The summed E-state index contributed by atoms with van der Waals surface area (Å²) in [6.07, 6.45) is 0. The molecular formula is C19H19N3O3S. The largest absolute Gasteiger partial charge is 0.497 e. The first-order valence-electron chi connectivity index (χ1n) is 8.32. The van der Waals surface area contributed by atoms with Crippen molar-refractivity contribution < 1.29 is 14.3 Å². The minimum absolute atomic E-state index is 0.153. The average molecular weight is 369 g/mol. The van der Waals surface area contributed by atoms with E-state index in [4.69, 9.17) is 21.7 Å². The van der Waals surface area contributed by atoms with Gasteiger partial charge in [0.25, 0.3) is 0 Å². The Balaban J connectivity index is 1.74. The molecule has 1 fully saturated rings. The molecule has 2 bridgehead atoms. The fourth-order valence-electron chi connectivity index (χ4n) is 3.59. The van der Waals surface area contributed by atoms with Crippen molar-refractivity contribution in [3.63, 3.8) is 0 Å². The van der Waals surface area contributed by atoms with Crippen LogP contribution in [0.4, 0.5) is 5.69 Å². The van der Waals surface area contributed by atoms with E-state index in [1.165, 1.54) is 0 Å². The predicted octanol–water partition coefficient (Wildman–Crippen LogP) is 2.58. The third-order valence-corrected chi connectivity index (χ3v) is 4.99. The van der Waals surface area contributed by atoms with Crippen molar-refractivity contribution in [2.45, 2.75) is 18.7 Å². The first-order chi connectivity index (χ1) is 12.5. The Kier molecular flexibility index (Phi) is 3.96. The highest BCUT2D eigenvalue weighted by molar-refractivity contribution is 7.80. The normalized spacial score (nSPS) is 25.8. The molecule has 1 saturated heterocycles. The van der Waals surface area contributed by atoms with Crippen LogP contribution in [0, 0.1) is 5.92 Å². The third kappa shape index (κ3) is 2.74. The highest BCUT2D eigenvalue weighted by Crippen LogP contribution is 2.46. The molecule has 7 heteroatoms. The van der Waals surface area contributed by atoms with E-state index >= 15 is 0 Å². The first kappa shape index (κ1) is 16.7. The number of nitrogens with one attached hydrogen (secondary N) is 3. The molecule has 2 heterocycles. The van der Waals surface area contributed by atoms with Gasteiger partial charge in [0.2, 0.25) is 5.91 Å². The van der Waals surface area contributed by atoms with Crippen LogP contribution in [0.2, 0.25) is 0 Å². The van der Waals surface area contributed by atoms with Gasteiger partial charge in [-0.25, -0.2) is 0 Å². The fourth-order valence-corrected chi connectivity index (χ4v) is 3.92. The van der Waals surface area contributed by atoms with Crippen molar-refractivity contribution in [2.24, 2.45) is 5.92 Å². The maximum absolute atomic E-state index is 13.1. The number of anilines is 1. The van der Waals surface area contributed by atoms with Crippen molar-refractivity contribution in [2.75, 3.05) is 12.4 Å². The maximum atomic E-state index is 13.1. The molecule has 0 saturated carbocycles. The van der Waals surface area contributed by atoms with Gasteiger partial charge in [0.15, 0.2) is 10.8 Å². The maximum Gasteiger partial charge on any atom is 0.236 e. The minimum atomic E-state index is -0.951. The molecule has 2 aromatic rings. The summed E-state index contributed by atoms with van der Waals surface area (Å²) in [7, 11) is 1.61. The van der Waals surface area contributed by atoms with Gasteiger partial charge >= 0.3 is 0 Å². The summed E-state index contributed by atoms with van der Waals surface area (Å²) in [6, 6.07) is 14.6. The molecule has 134 valence electrons. The van der Waals surface area contributed by atoms with E-state index in [1.54, 1.807) is 7.11 Å². The summed E-state index contributed by atoms with van der Waals surface area (Å²) in [5, 5.41) is 9.76. The SMILES string of the molecule is COc1ccc2c(c1)[C@H]1NC(=S)N[C@@](C)(O2)[C@@H]1C(=O)Nc1ccccc1. The topological polar surface area (TPSA) is 71.6 Å². The number of methoxy groups -OCH3 is 1. The monoisotopic (exact) mass is 369 g/mol. The Morgan fingerprint density at radius 2 is 2.04 bits per heavy atom. The predicted molar refractivity (Wildman–Crippen MR) is 102 cm³/mol. The molecule has 2 aliphatic rings. The Labute approximate surface area is 156 Å². The number of amides is 1. The standard InChI is InChI=1S/C19H19N3O3S/c1-19-15(17(23)20-11-6-4-3-5-7-11)16(21-18(26)22-19)13-10-12(24-2)8-9-14(13)25-19/h3-10,15-16H,1-2H3,(H,20,23)(H2,21,22,26)/t15-,16+,19-/m0/s1. The number of benzene rings is 2. The molecule has 4 rings (SSSR count). The molecule has 0 spiro atoms. The van der Waals surface area contributed by atoms with E-state index in [1.807, 2.05) is 55.5 Å². The molecule has 26 heavy (non-hydrogen) atoms. The Morgan fingerprint density at radius 3 is 2.77 bits per heavy atom. The molecule has 0 radical (unpaired) electrons. The van der Waals surface area contributed by atoms with Gasteiger partial charge in [-0.1, -0.05) is 18.2 Å². The van der Waals surface area contributed by atoms with E-state index in [9.17, 15) is 4.79 Å². The van der Waals surface area contributed by atoms with Crippen LogP contribution in [0.1, 0.15) is 18.5 Å². The number of carbonyl (C=O) groups is 1. The number of para-hydroxylation sites is 1. The molecule has 6 nitrogen and oxygen atoms in total. The zero-order valence-corrected chi connectivity index (χ0v) is 15.2. The van der Waals surface area contributed by atoms with E-state index in [2.05, 4.69) is 16.0 Å². The molecule has 2 aliphatic heterocycles. The quantitative estimate of drug-likeness (QED) is 0.723. The second-order valence-corrected chi connectivity index (χ2v) is 6.93. The molecule has 0 aromatic heterocycles. The molecule has 3 N–H and O–H groups in total. The van der Waals surface area contributed by atoms with Crippen LogP contribution in [-0.2, 0) is 4.79 Å². The summed E-state index contributed by atoms with van der Waals surface area (Å²) in [5.74, 6) is 0.711. The lowest BCUT2D eigenvalue weighted by atomic mass is 9.80. The molecule has 3 atom stereocenters. The van der Waals surface area contributed by atoms with Crippen LogP contribution in [0.25, 0.3) is 0 Å². The molecule has 0 unspecified atom stereocenters. The van der Waals surface area contributed by atoms with Crippen LogP contribution in [0.3, 0.4) is 0 Å². The smallest absolute Gasteiger partial charge is 0.236 e. The number of carbonyl (C=O) groups excluding carboxylic acids is 1. The highest BCUT2D eigenvalue weighted by atomic mass is 32.1. The number of rotatable bonds is 3. The van der Waals surface area contributed by atoms with E-state index < -0.39 is 11.6 Å². The van der Waals surface area contributed by atoms with Crippen molar-refractivity contribution in [1.29, 1.82) is 0 Å². The second kappa shape index (κ2) is 6.17. The fraction of sp³-hybridized carbons (Fsp3) is 0.263. The highest BCUT2D eigenvalue weighted by Gasteiger charge is 2.54. The number of hydrogen-bond donors (Lipinski definition) is 3. The lowest BCUT2D eigenvalue weighted by Crippen LogP contribution is -2.70. The van der Waals surface area contributed by atoms with Gasteiger partial charge in [0.1, 0.15) is 17.4 Å². The molecule has 2 aromatic carbocycles. The number of hydrogen-bond acceptors (Lipinski definition) is 4. The van der Waals surface area contributed by atoms with E-state index in [-0.39, 0.29) is 11.9 Å². The number of thiocarbonyl (C=S) groups is 1. The minimum Gasteiger partial charge on any atom is -0.497 e. The summed E-state index contributed by atoms with van der Waals surface area (Å²) < 4.78 is 11.5. The van der Waals surface area contributed by atoms with Gasteiger partial charge < -0.3 is 25.4 Å². The van der Waals surface area contributed by atoms with Gasteiger partial charge in [0.05, 0.1) is 13.2 Å². The third-order valence-electron chi connectivity index (χ3n) is 4.77.